The van der Waals surface area contributed by atoms with Gasteiger partial charge >= 0.3 is 0 Å². The van der Waals surface area contributed by atoms with E-state index in [2.05, 4.69) is 31.2 Å². The number of allylic oxidation sites excluding steroid dienone is 1. The molecule has 6 nitrogen and oxygen atoms in total. The van der Waals surface area contributed by atoms with Crippen LogP contribution in [0.25, 0.3) is 5.57 Å². The van der Waals surface area contributed by atoms with Crippen molar-refractivity contribution in [3.8, 4) is 0 Å². The molecule has 0 aliphatic rings. The molecule has 0 amide bonds. The zero-order valence-electron chi connectivity index (χ0n) is 14.0. The van der Waals surface area contributed by atoms with Gasteiger partial charge in [-0.2, -0.15) is 4.98 Å². The third kappa shape index (κ3) is 4.98. The molecule has 132 valence electrons. The van der Waals surface area contributed by atoms with Crippen LogP contribution < -0.4 is 15.9 Å². The van der Waals surface area contributed by atoms with E-state index in [1.165, 1.54) is 6.21 Å². The van der Waals surface area contributed by atoms with E-state index < -0.39 is 7.14 Å². The minimum Gasteiger partial charge on any atom is -0.339 e. The number of anilines is 2. The van der Waals surface area contributed by atoms with Crippen LogP contribution >= 0.6 is 34.7 Å². The van der Waals surface area contributed by atoms with Gasteiger partial charge in [-0.3, -0.25) is 0 Å². The molecule has 0 unspecified atom stereocenters. The van der Waals surface area contributed by atoms with Crippen LogP contribution in [0, 0.1) is 5.41 Å². The minimum atomic E-state index is -2.58. The summed E-state index contributed by atoms with van der Waals surface area (Å²) in [5.74, 6) is 0.493. The van der Waals surface area contributed by atoms with Gasteiger partial charge in [0.2, 0.25) is 5.28 Å². The second-order valence-corrected chi connectivity index (χ2v) is 10.0. The topological polar surface area (TPSA) is 95.3 Å². The van der Waals surface area contributed by atoms with Crippen molar-refractivity contribution in [2.75, 3.05) is 25.7 Å². The highest BCUT2D eigenvalue weighted by Crippen LogP contribution is 2.39. The predicted molar refractivity (Wildman–Crippen MR) is 108 cm³/mol. The number of rotatable bonds is 6. The van der Waals surface area contributed by atoms with Gasteiger partial charge < -0.3 is 20.6 Å². The predicted octanol–water partition coefficient (Wildman–Crippen LogP) is 3.07. The Balaban J connectivity index is 2.55. The number of quaternary nitrogens is 1. The Kier molecular flexibility index (Phi) is 6.52. The summed E-state index contributed by atoms with van der Waals surface area (Å²) in [6.07, 6.45) is 4.68. The SMILES string of the molecule is C[NH2+]C=C(C=N)c1ccc(Nc2nc(Cl)ncc2Br)c(P(C)(C)=O)c1. The summed E-state index contributed by atoms with van der Waals surface area (Å²) >= 11 is 9.23. The Morgan fingerprint density at radius 3 is 2.76 bits per heavy atom. The summed E-state index contributed by atoms with van der Waals surface area (Å²) in [6.45, 7) is 3.41. The fourth-order valence-electron chi connectivity index (χ4n) is 2.23. The lowest BCUT2D eigenvalue weighted by molar-refractivity contribution is -0.555. The van der Waals surface area contributed by atoms with Gasteiger partial charge in [0.25, 0.3) is 0 Å². The standard InChI is InChI=1S/C16H18BrClN5OP/c1-20-8-11(7-19)10-4-5-13(14(6-10)25(2,3)24)22-15-12(17)9-21-16(18)23-15/h4-9,19-20H,1-3H3,(H,21,22,23)/p+1. The molecule has 2 aromatic rings. The maximum absolute atomic E-state index is 12.8. The van der Waals surface area contributed by atoms with Crippen LogP contribution in [0.5, 0.6) is 0 Å². The van der Waals surface area contributed by atoms with Crippen molar-refractivity contribution in [2.24, 2.45) is 0 Å². The molecule has 0 spiro atoms. The molecule has 1 heterocycles. The second-order valence-electron chi connectivity index (χ2n) is 5.64. The van der Waals surface area contributed by atoms with Crippen molar-refractivity contribution >= 4 is 63.3 Å². The minimum absolute atomic E-state index is 0.118. The van der Waals surface area contributed by atoms with Crippen molar-refractivity contribution < 1.29 is 9.88 Å². The first kappa shape index (κ1) is 19.8. The van der Waals surface area contributed by atoms with Gasteiger partial charge in [-0.25, -0.2) is 4.98 Å². The molecule has 0 fully saturated rings. The van der Waals surface area contributed by atoms with Gasteiger partial charge in [0.1, 0.15) is 19.2 Å². The zero-order chi connectivity index (χ0) is 18.6. The van der Waals surface area contributed by atoms with Gasteiger partial charge in [-0.1, -0.05) is 6.07 Å². The van der Waals surface area contributed by atoms with Gasteiger partial charge in [-0.05, 0) is 58.6 Å². The molecule has 0 saturated heterocycles. The van der Waals surface area contributed by atoms with E-state index in [1.54, 1.807) is 19.5 Å². The first-order valence-corrected chi connectivity index (χ1v) is 11.2. The molecule has 0 aliphatic heterocycles. The maximum atomic E-state index is 12.8. The van der Waals surface area contributed by atoms with Crippen LogP contribution in [0.4, 0.5) is 11.5 Å². The van der Waals surface area contributed by atoms with Gasteiger partial charge in [0.05, 0.1) is 22.8 Å². The average Bonchev–Trinajstić information content (AvgIpc) is 2.55. The van der Waals surface area contributed by atoms with Crippen molar-refractivity contribution in [1.82, 2.24) is 9.97 Å². The quantitative estimate of drug-likeness (QED) is 0.363. The van der Waals surface area contributed by atoms with Crippen LogP contribution in [-0.4, -0.2) is 36.6 Å². The van der Waals surface area contributed by atoms with Gasteiger partial charge in [0.15, 0.2) is 0 Å². The molecule has 1 aromatic carbocycles. The Morgan fingerprint density at radius 1 is 1.44 bits per heavy atom. The first-order chi connectivity index (χ1) is 11.8. The summed E-state index contributed by atoms with van der Waals surface area (Å²) < 4.78 is 13.5. The molecule has 0 saturated carbocycles. The number of benzene rings is 1. The lowest BCUT2D eigenvalue weighted by atomic mass is 10.1. The number of halogens is 2. The summed E-state index contributed by atoms with van der Waals surface area (Å²) in [5, 5.41) is 13.4. The van der Waals surface area contributed by atoms with Gasteiger partial charge in [-0.15, -0.1) is 0 Å². The fourth-order valence-corrected chi connectivity index (χ4v) is 3.81. The summed E-state index contributed by atoms with van der Waals surface area (Å²) in [7, 11) is -0.692. The van der Waals surface area contributed by atoms with E-state index in [0.717, 1.165) is 11.1 Å². The Morgan fingerprint density at radius 2 is 2.16 bits per heavy atom. The lowest BCUT2D eigenvalue weighted by Crippen LogP contribution is -2.72. The average molecular weight is 444 g/mol. The monoisotopic (exact) mass is 442 g/mol. The number of nitrogens with one attached hydrogen (secondary N) is 2. The van der Waals surface area contributed by atoms with Crippen molar-refractivity contribution in [1.29, 1.82) is 5.41 Å². The molecular formula is C16H19BrClN5OP+. The van der Waals surface area contributed by atoms with E-state index in [9.17, 15) is 4.57 Å². The maximum Gasteiger partial charge on any atom is 0.224 e. The fraction of sp³-hybridized carbons (Fsp3) is 0.188. The number of nitrogens with zero attached hydrogens (tertiary/aromatic N) is 2. The lowest BCUT2D eigenvalue weighted by Gasteiger charge is -2.17. The molecule has 0 atom stereocenters. The van der Waals surface area contributed by atoms with E-state index in [0.29, 0.717) is 21.3 Å². The van der Waals surface area contributed by atoms with Crippen LogP contribution in [0.3, 0.4) is 0 Å². The number of hydrogen-bond donors (Lipinski definition) is 3. The highest BCUT2D eigenvalue weighted by molar-refractivity contribution is 9.10. The molecule has 0 aliphatic carbocycles. The molecular weight excluding hydrogens is 425 g/mol. The van der Waals surface area contributed by atoms with E-state index in [4.69, 9.17) is 17.0 Å². The molecule has 0 bridgehead atoms. The Bertz CT molecular complexity index is 881. The van der Waals surface area contributed by atoms with Crippen LogP contribution in [-0.2, 0) is 4.57 Å². The summed E-state index contributed by atoms with van der Waals surface area (Å²) in [4.78, 5) is 8.05. The highest BCUT2D eigenvalue weighted by atomic mass is 79.9. The van der Waals surface area contributed by atoms with E-state index in [-0.39, 0.29) is 5.28 Å². The van der Waals surface area contributed by atoms with E-state index >= 15 is 0 Å². The van der Waals surface area contributed by atoms with Crippen molar-refractivity contribution in [3.05, 3.63) is 45.9 Å². The first-order valence-electron chi connectivity index (χ1n) is 7.41. The molecule has 0 radical (unpaired) electrons. The highest BCUT2D eigenvalue weighted by Gasteiger charge is 2.19. The molecule has 1 aromatic heterocycles. The third-order valence-electron chi connectivity index (χ3n) is 3.38. The third-order valence-corrected chi connectivity index (χ3v) is 5.67. The Hall–Kier alpha value is -1.53. The normalized spacial score (nSPS) is 12.1. The van der Waals surface area contributed by atoms with Crippen LogP contribution in [0.15, 0.2) is 35.1 Å². The smallest absolute Gasteiger partial charge is 0.224 e. The molecule has 4 N–H and O–H groups in total. The zero-order valence-corrected chi connectivity index (χ0v) is 17.3. The number of aromatic nitrogens is 2. The summed E-state index contributed by atoms with van der Waals surface area (Å²) in [5.41, 5.74) is 2.25. The molecule has 2 rings (SSSR count). The molecule has 9 heteroatoms. The van der Waals surface area contributed by atoms with Crippen LogP contribution in [0.1, 0.15) is 5.56 Å². The number of nitrogens with two attached hydrogens (primary N) is 1. The van der Waals surface area contributed by atoms with Gasteiger partial charge in [0, 0.05) is 17.7 Å². The largest absolute Gasteiger partial charge is 0.339 e. The summed E-state index contributed by atoms with van der Waals surface area (Å²) in [6, 6.07) is 5.55. The van der Waals surface area contributed by atoms with Crippen LogP contribution in [0.2, 0.25) is 5.28 Å². The van der Waals surface area contributed by atoms with Crippen molar-refractivity contribution in [3.63, 3.8) is 0 Å². The van der Waals surface area contributed by atoms with E-state index in [1.807, 2.05) is 36.8 Å². The second kappa shape index (κ2) is 8.23. The number of hydrogen-bond acceptors (Lipinski definition) is 5. The molecule has 25 heavy (non-hydrogen) atoms. The van der Waals surface area contributed by atoms with Crippen molar-refractivity contribution in [2.45, 2.75) is 0 Å². The Labute approximate surface area is 160 Å².